The summed E-state index contributed by atoms with van der Waals surface area (Å²) < 4.78 is 4.94. The van der Waals surface area contributed by atoms with Gasteiger partial charge in [-0.3, -0.25) is 4.79 Å². The third kappa shape index (κ3) is 5.29. The Morgan fingerprint density at radius 3 is 2.94 bits per heavy atom. The fourth-order valence-electron chi connectivity index (χ4n) is 1.34. The van der Waals surface area contributed by atoms with Crippen LogP contribution in [0.4, 0.5) is 5.82 Å². The lowest BCUT2D eigenvalue weighted by atomic mass is 10.4. The van der Waals surface area contributed by atoms with Crippen LogP contribution in [0.25, 0.3) is 0 Å². The number of anilines is 1. The number of hydrogen-bond donors (Lipinski definition) is 2. The van der Waals surface area contributed by atoms with Crippen LogP contribution in [0.2, 0.25) is 5.15 Å². The highest BCUT2D eigenvalue weighted by Gasteiger charge is 2.04. The predicted octanol–water partition coefficient (Wildman–Crippen LogP) is 1.21. The Bertz CT molecular complexity index is 401. The number of methoxy groups -OCH3 is 1. The molecule has 0 unspecified atom stereocenters. The van der Waals surface area contributed by atoms with E-state index in [-0.39, 0.29) is 5.91 Å². The number of nitrogens with zero attached hydrogens (tertiary/aromatic N) is 2. The van der Waals surface area contributed by atoms with Gasteiger partial charge in [0.15, 0.2) is 5.82 Å². The van der Waals surface area contributed by atoms with Gasteiger partial charge in [0, 0.05) is 32.7 Å². The Morgan fingerprint density at radius 2 is 2.28 bits per heavy atom. The van der Waals surface area contributed by atoms with E-state index in [1.165, 1.54) is 0 Å². The number of halogens is 1. The molecule has 18 heavy (non-hydrogen) atoms. The van der Waals surface area contributed by atoms with Crippen molar-refractivity contribution in [2.75, 3.05) is 25.5 Å². The quantitative estimate of drug-likeness (QED) is 0.730. The fraction of sp³-hybridized carbons (Fsp3) is 0.545. The first kappa shape index (κ1) is 14.7. The highest BCUT2D eigenvalue weighted by atomic mass is 35.5. The zero-order chi connectivity index (χ0) is 13.4. The van der Waals surface area contributed by atoms with Crippen molar-refractivity contribution < 1.29 is 9.53 Å². The lowest BCUT2D eigenvalue weighted by molar-refractivity contribution is -0.120. The van der Waals surface area contributed by atoms with Crippen molar-refractivity contribution in [3.8, 4) is 0 Å². The van der Waals surface area contributed by atoms with Crippen LogP contribution in [0.5, 0.6) is 0 Å². The van der Waals surface area contributed by atoms with Gasteiger partial charge in [0.2, 0.25) is 5.91 Å². The summed E-state index contributed by atoms with van der Waals surface area (Å²) >= 11 is 5.85. The van der Waals surface area contributed by atoms with E-state index in [1.54, 1.807) is 13.2 Å². The van der Waals surface area contributed by atoms with Crippen LogP contribution in [0.1, 0.15) is 19.2 Å². The van der Waals surface area contributed by atoms with E-state index in [9.17, 15) is 4.79 Å². The molecule has 1 aromatic heterocycles. The molecule has 0 saturated carbocycles. The number of nitrogens with one attached hydrogen (secondary N) is 2. The number of rotatable bonds is 7. The topological polar surface area (TPSA) is 76.1 Å². The molecule has 0 radical (unpaired) electrons. The van der Waals surface area contributed by atoms with Crippen molar-refractivity contribution in [3.63, 3.8) is 0 Å². The van der Waals surface area contributed by atoms with Gasteiger partial charge in [0.1, 0.15) is 17.6 Å². The van der Waals surface area contributed by atoms with Crippen LogP contribution < -0.4 is 10.6 Å². The molecule has 0 spiro atoms. The van der Waals surface area contributed by atoms with Crippen molar-refractivity contribution in [1.82, 2.24) is 15.3 Å². The molecular weight excluding hydrogens is 256 g/mol. The fourth-order valence-corrected chi connectivity index (χ4v) is 1.54. The van der Waals surface area contributed by atoms with E-state index in [1.807, 2.05) is 6.92 Å². The highest BCUT2D eigenvalue weighted by molar-refractivity contribution is 6.29. The zero-order valence-electron chi connectivity index (χ0n) is 10.5. The molecule has 1 rings (SSSR count). The first-order valence-corrected chi connectivity index (χ1v) is 6.06. The second kappa shape index (κ2) is 7.84. The number of amides is 1. The molecule has 0 fully saturated rings. The van der Waals surface area contributed by atoms with Gasteiger partial charge in [-0.05, 0) is 6.92 Å². The highest BCUT2D eigenvalue weighted by Crippen LogP contribution is 2.11. The van der Waals surface area contributed by atoms with E-state index in [0.717, 1.165) is 0 Å². The molecule has 0 aliphatic carbocycles. The molecule has 0 bridgehead atoms. The van der Waals surface area contributed by atoms with Gasteiger partial charge >= 0.3 is 0 Å². The Balaban J connectivity index is 2.48. The smallest absolute Gasteiger partial charge is 0.221 e. The van der Waals surface area contributed by atoms with Gasteiger partial charge in [-0.15, -0.1) is 0 Å². The van der Waals surface area contributed by atoms with Crippen LogP contribution in [0, 0.1) is 0 Å². The molecular formula is C11H17ClN4O2. The number of ether oxygens (including phenoxy) is 1. The number of hydrogen-bond acceptors (Lipinski definition) is 5. The summed E-state index contributed by atoms with van der Waals surface area (Å²) in [5.74, 6) is 1.10. The molecule has 100 valence electrons. The minimum atomic E-state index is 0.00210. The monoisotopic (exact) mass is 272 g/mol. The Hall–Kier alpha value is -1.40. The largest absolute Gasteiger partial charge is 0.377 e. The normalized spacial score (nSPS) is 10.2. The second-order valence-electron chi connectivity index (χ2n) is 3.56. The zero-order valence-corrected chi connectivity index (χ0v) is 11.3. The average Bonchev–Trinajstić information content (AvgIpc) is 2.29. The van der Waals surface area contributed by atoms with Gasteiger partial charge < -0.3 is 15.4 Å². The SMILES string of the molecule is CCNC(=O)CCNc1cc(Cl)nc(COC)n1. The summed E-state index contributed by atoms with van der Waals surface area (Å²) in [6.45, 7) is 3.31. The first-order valence-electron chi connectivity index (χ1n) is 5.68. The summed E-state index contributed by atoms with van der Waals surface area (Å²) in [4.78, 5) is 19.4. The van der Waals surface area contributed by atoms with Gasteiger partial charge in [0.25, 0.3) is 0 Å². The lowest BCUT2D eigenvalue weighted by Crippen LogP contribution is -2.24. The summed E-state index contributed by atoms with van der Waals surface area (Å²) in [6, 6.07) is 1.61. The summed E-state index contributed by atoms with van der Waals surface area (Å²) in [5.41, 5.74) is 0. The number of carbonyl (C=O) groups excluding carboxylic acids is 1. The number of aromatic nitrogens is 2. The van der Waals surface area contributed by atoms with E-state index < -0.39 is 0 Å². The summed E-state index contributed by atoms with van der Waals surface area (Å²) in [6.07, 6.45) is 0.384. The van der Waals surface area contributed by atoms with Crippen molar-refractivity contribution in [2.45, 2.75) is 20.0 Å². The molecule has 6 nitrogen and oxygen atoms in total. The van der Waals surface area contributed by atoms with Crippen molar-refractivity contribution >= 4 is 23.3 Å². The van der Waals surface area contributed by atoms with Crippen LogP contribution in [-0.4, -0.2) is 36.1 Å². The molecule has 0 atom stereocenters. The molecule has 7 heteroatoms. The molecule has 0 aliphatic rings. The van der Waals surface area contributed by atoms with E-state index in [4.69, 9.17) is 16.3 Å². The third-order valence-corrected chi connectivity index (χ3v) is 2.24. The molecule has 2 N–H and O–H groups in total. The number of carbonyl (C=O) groups is 1. The minimum absolute atomic E-state index is 0.00210. The maximum atomic E-state index is 11.2. The van der Waals surface area contributed by atoms with Crippen LogP contribution in [0.15, 0.2) is 6.07 Å². The Labute approximate surface area is 111 Å². The molecule has 0 saturated heterocycles. The van der Waals surface area contributed by atoms with Crippen molar-refractivity contribution in [2.24, 2.45) is 0 Å². The van der Waals surface area contributed by atoms with Crippen molar-refractivity contribution in [1.29, 1.82) is 0 Å². The molecule has 1 aromatic rings. The minimum Gasteiger partial charge on any atom is -0.377 e. The van der Waals surface area contributed by atoms with E-state index in [2.05, 4.69) is 20.6 Å². The maximum absolute atomic E-state index is 11.2. The maximum Gasteiger partial charge on any atom is 0.221 e. The van der Waals surface area contributed by atoms with Crippen LogP contribution >= 0.6 is 11.6 Å². The Morgan fingerprint density at radius 1 is 1.50 bits per heavy atom. The van der Waals surface area contributed by atoms with Crippen LogP contribution in [-0.2, 0) is 16.1 Å². The average molecular weight is 273 g/mol. The van der Waals surface area contributed by atoms with Gasteiger partial charge in [0.05, 0.1) is 0 Å². The second-order valence-corrected chi connectivity index (χ2v) is 3.94. The summed E-state index contributed by atoms with van der Waals surface area (Å²) in [5, 5.41) is 6.08. The van der Waals surface area contributed by atoms with Gasteiger partial charge in [-0.25, -0.2) is 9.97 Å². The lowest BCUT2D eigenvalue weighted by Gasteiger charge is -2.07. The molecule has 0 aliphatic heterocycles. The standard InChI is InChI=1S/C11H17ClN4O2/c1-3-13-11(17)4-5-14-9-6-8(12)15-10(16-9)7-18-2/h6H,3-5,7H2,1-2H3,(H,13,17)(H,14,15,16). The van der Waals surface area contributed by atoms with Crippen molar-refractivity contribution in [3.05, 3.63) is 17.0 Å². The molecule has 1 amide bonds. The molecule has 1 heterocycles. The third-order valence-electron chi connectivity index (χ3n) is 2.05. The Kier molecular flexibility index (Phi) is 6.38. The first-order chi connectivity index (χ1) is 8.65. The predicted molar refractivity (Wildman–Crippen MR) is 69.5 cm³/mol. The molecule has 0 aromatic carbocycles. The summed E-state index contributed by atoms with van der Waals surface area (Å²) in [7, 11) is 1.56. The van der Waals surface area contributed by atoms with E-state index >= 15 is 0 Å². The van der Waals surface area contributed by atoms with E-state index in [0.29, 0.717) is 42.9 Å². The van der Waals surface area contributed by atoms with Crippen LogP contribution in [0.3, 0.4) is 0 Å². The van der Waals surface area contributed by atoms with Gasteiger partial charge in [-0.2, -0.15) is 0 Å². The van der Waals surface area contributed by atoms with Gasteiger partial charge in [-0.1, -0.05) is 11.6 Å².